The van der Waals surface area contributed by atoms with Gasteiger partial charge in [-0.2, -0.15) is 0 Å². The Balaban J connectivity index is 0.00000225. The van der Waals surface area contributed by atoms with Crippen LogP contribution in [0.5, 0.6) is 0 Å². The van der Waals surface area contributed by atoms with E-state index in [1.807, 2.05) is 7.05 Å². The molecule has 1 amide bonds. The van der Waals surface area contributed by atoms with E-state index in [9.17, 15) is 4.79 Å². The van der Waals surface area contributed by atoms with Gasteiger partial charge in [-0.25, -0.2) is 0 Å². The fourth-order valence-corrected chi connectivity index (χ4v) is 4.28. The van der Waals surface area contributed by atoms with Crippen LogP contribution >= 0.6 is 24.0 Å². The number of halogens is 1. The van der Waals surface area contributed by atoms with E-state index in [2.05, 4.69) is 49.7 Å². The number of guanidine groups is 1. The maximum absolute atomic E-state index is 11.6. The summed E-state index contributed by atoms with van der Waals surface area (Å²) in [5.41, 5.74) is 2.64. The molecule has 2 N–H and O–H groups in total. The van der Waals surface area contributed by atoms with Gasteiger partial charge in [0.25, 0.3) is 0 Å². The van der Waals surface area contributed by atoms with Crippen molar-refractivity contribution < 1.29 is 9.53 Å². The van der Waals surface area contributed by atoms with Crippen LogP contribution in [0.1, 0.15) is 18.4 Å². The minimum absolute atomic E-state index is 0. The number of anilines is 1. The zero-order valence-corrected chi connectivity index (χ0v) is 18.8. The predicted octanol–water partition coefficient (Wildman–Crippen LogP) is 1.43. The van der Waals surface area contributed by atoms with E-state index in [1.54, 1.807) is 0 Å². The van der Waals surface area contributed by atoms with Crippen molar-refractivity contribution in [3.8, 4) is 0 Å². The Morgan fingerprint density at radius 1 is 1.29 bits per heavy atom. The van der Waals surface area contributed by atoms with Gasteiger partial charge in [0.1, 0.15) is 0 Å². The molecule has 8 heteroatoms. The highest BCUT2D eigenvalue weighted by atomic mass is 127. The first-order chi connectivity index (χ1) is 13.2. The summed E-state index contributed by atoms with van der Waals surface area (Å²) in [5, 5.41) is 6.36. The number of carbonyl (C=O) groups is 1. The summed E-state index contributed by atoms with van der Waals surface area (Å²) in [6.07, 6.45) is 2.35. The first-order valence-corrected chi connectivity index (χ1v) is 9.81. The molecule has 0 saturated carbocycles. The average Bonchev–Trinajstić information content (AvgIpc) is 3.33. The van der Waals surface area contributed by atoms with Crippen LogP contribution in [-0.4, -0.2) is 69.8 Å². The summed E-state index contributed by atoms with van der Waals surface area (Å²) < 4.78 is 5.63. The molecule has 0 aliphatic carbocycles. The molecule has 3 heterocycles. The Hall–Kier alpha value is -1.55. The van der Waals surface area contributed by atoms with Crippen LogP contribution in [0.3, 0.4) is 0 Å². The third kappa shape index (κ3) is 4.71. The number of nitrogens with one attached hydrogen (secondary N) is 2. The van der Waals surface area contributed by atoms with Crippen molar-refractivity contribution in [3.05, 3.63) is 29.8 Å². The third-order valence-corrected chi connectivity index (χ3v) is 5.93. The standard InChI is InChI=1S/C20H29N5O2.HI/c1-21-19(25-9-6-20(14-25)7-11-27-15-20)23-12-16-2-4-17(5-3-16)24-10-8-22-18(26)13-24;/h2-5H,6-15H2,1H3,(H,21,23)(H,22,26);1H. The van der Waals surface area contributed by atoms with Crippen LogP contribution < -0.4 is 15.5 Å². The molecule has 3 saturated heterocycles. The number of hydrogen-bond acceptors (Lipinski definition) is 4. The van der Waals surface area contributed by atoms with Crippen LogP contribution in [0.15, 0.2) is 29.3 Å². The molecule has 0 aromatic heterocycles. The first-order valence-electron chi connectivity index (χ1n) is 9.81. The van der Waals surface area contributed by atoms with Crippen LogP contribution in [0.4, 0.5) is 5.69 Å². The zero-order chi connectivity index (χ0) is 18.7. The van der Waals surface area contributed by atoms with Gasteiger partial charge >= 0.3 is 0 Å². The maximum atomic E-state index is 11.6. The van der Waals surface area contributed by atoms with E-state index < -0.39 is 0 Å². The highest BCUT2D eigenvalue weighted by Crippen LogP contribution is 2.38. The van der Waals surface area contributed by atoms with E-state index in [0.717, 1.165) is 57.5 Å². The molecule has 1 spiro atoms. The number of rotatable bonds is 3. The Labute approximate surface area is 183 Å². The normalized spacial score (nSPS) is 25.0. The van der Waals surface area contributed by atoms with E-state index in [0.29, 0.717) is 18.5 Å². The van der Waals surface area contributed by atoms with Crippen molar-refractivity contribution in [2.75, 3.05) is 57.9 Å². The van der Waals surface area contributed by atoms with E-state index in [-0.39, 0.29) is 29.9 Å². The van der Waals surface area contributed by atoms with Crippen molar-refractivity contribution >= 4 is 41.5 Å². The van der Waals surface area contributed by atoms with Crippen molar-refractivity contribution in [3.63, 3.8) is 0 Å². The largest absolute Gasteiger partial charge is 0.381 e. The molecule has 1 aromatic rings. The minimum Gasteiger partial charge on any atom is -0.381 e. The second-order valence-corrected chi connectivity index (χ2v) is 7.81. The molecule has 1 unspecified atom stereocenters. The summed E-state index contributed by atoms with van der Waals surface area (Å²) in [6.45, 7) is 6.60. The van der Waals surface area contributed by atoms with Gasteiger partial charge in [0.15, 0.2) is 5.96 Å². The summed E-state index contributed by atoms with van der Waals surface area (Å²) in [5.74, 6) is 1.06. The predicted molar refractivity (Wildman–Crippen MR) is 121 cm³/mol. The lowest BCUT2D eigenvalue weighted by Gasteiger charge is -2.28. The van der Waals surface area contributed by atoms with Gasteiger partial charge in [-0.15, -0.1) is 24.0 Å². The smallest absolute Gasteiger partial charge is 0.239 e. The van der Waals surface area contributed by atoms with Crippen LogP contribution in [-0.2, 0) is 16.1 Å². The van der Waals surface area contributed by atoms with Crippen molar-refractivity contribution in [2.45, 2.75) is 19.4 Å². The number of amides is 1. The van der Waals surface area contributed by atoms with Crippen LogP contribution in [0.2, 0.25) is 0 Å². The Kier molecular flexibility index (Phi) is 7.03. The molecule has 154 valence electrons. The number of hydrogen-bond donors (Lipinski definition) is 2. The lowest BCUT2D eigenvalue weighted by molar-refractivity contribution is -0.120. The molecule has 7 nitrogen and oxygen atoms in total. The molecule has 4 rings (SSSR count). The Bertz CT molecular complexity index is 703. The van der Waals surface area contributed by atoms with Crippen LogP contribution in [0, 0.1) is 5.41 Å². The Morgan fingerprint density at radius 2 is 2.11 bits per heavy atom. The van der Waals surface area contributed by atoms with Crippen molar-refractivity contribution in [1.29, 1.82) is 0 Å². The summed E-state index contributed by atoms with van der Waals surface area (Å²) >= 11 is 0. The molecule has 0 bridgehead atoms. The van der Waals surface area contributed by atoms with Gasteiger partial charge in [0, 0.05) is 57.5 Å². The number of aliphatic imine (C=N–C) groups is 1. The van der Waals surface area contributed by atoms with Gasteiger partial charge < -0.3 is 25.2 Å². The van der Waals surface area contributed by atoms with Gasteiger partial charge in [0.05, 0.1) is 13.2 Å². The summed E-state index contributed by atoms with van der Waals surface area (Å²) in [4.78, 5) is 20.5. The molecule has 1 aromatic carbocycles. The fraction of sp³-hybridized carbons (Fsp3) is 0.600. The topological polar surface area (TPSA) is 69.2 Å². The summed E-state index contributed by atoms with van der Waals surface area (Å²) in [7, 11) is 1.85. The maximum Gasteiger partial charge on any atom is 0.239 e. The van der Waals surface area contributed by atoms with Crippen molar-refractivity contribution in [2.24, 2.45) is 10.4 Å². The molecule has 28 heavy (non-hydrogen) atoms. The number of benzene rings is 1. The molecular weight excluding hydrogens is 469 g/mol. The molecule has 3 fully saturated rings. The number of nitrogens with zero attached hydrogens (tertiary/aromatic N) is 3. The lowest BCUT2D eigenvalue weighted by atomic mass is 9.87. The van der Waals surface area contributed by atoms with E-state index in [4.69, 9.17) is 4.74 Å². The van der Waals surface area contributed by atoms with Gasteiger partial charge in [-0.05, 0) is 30.5 Å². The fourth-order valence-electron chi connectivity index (χ4n) is 4.28. The zero-order valence-electron chi connectivity index (χ0n) is 16.4. The monoisotopic (exact) mass is 499 g/mol. The van der Waals surface area contributed by atoms with E-state index in [1.165, 1.54) is 12.0 Å². The minimum atomic E-state index is 0. The molecule has 3 aliphatic heterocycles. The number of ether oxygens (including phenoxy) is 1. The number of piperazine rings is 1. The second-order valence-electron chi connectivity index (χ2n) is 7.81. The summed E-state index contributed by atoms with van der Waals surface area (Å²) in [6, 6.07) is 8.44. The molecule has 3 aliphatic rings. The first kappa shape index (κ1) is 21.2. The second kappa shape index (κ2) is 9.30. The third-order valence-electron chi connectivity index (χ3n) is 5.93. The van der Waals surface area contributed by atoms with Crippen molar-refractivity contribution in [1.82, 2.24) is 15.5 Å². The molecular formula is C20H30IN5O2. The number of carbonyl (C=O) groups excluding carboxylic acids is 1. The van der Waals surface area contributed by atoms with E-state index >= 15 is 0 Å². The van der Waals surface area contributed by atoms with Crippen LogP contribution in [0.25, 0.3) is 0 Å². The SMILES string of the molecule is CN=C(NCc1ccc(N2CCNC(=O)C2)cc1)N1CCC2(CCOC2)C1.I. The van der Waals surface area contributed by atoms with Gasteiger partial charge in [0.2, 0.25) is 5.91 Å². The number of likely N-dealkylation sites (tertiary alicyclic amines) is 1. The quantitative estimate of drug-likeness (QED) is 0.374. The highest BCUT2D eigenvalue weighted by Gasteiger charge is 2.42. The molecule has 0 radical (unpaired) electrons. The average molecular weight is 499 g/mol. The molecule has 1 atom stereocenters. The highest BCUT2D eigenvalue weighted by molar-refractivity contribution is 14.0. The Morgan fingerprint density at radius 3 is 2.79 bits per heavy atom. The lowest BCUT2D eigenvalue weighted by Crippen LogP contribution is -2.47. The van der Waals surface area contributed by atoms with Gasteiger partial charge in [-0.3, -0.25) is 9.79 Å². The van der Waals surface area contributed by atoms with Gasteiger partial charge in [-0.1, -0.05) is 12.1 Å².